The Labute approximate surface area is 335 Å². The Morgan fingerprint density at radius 1 is 0.444 bits per heavy atom. The number of hydrogen-bond acceptors (Lipinski definition) is 6. The van der Waals surface area contributed by atoms with Crippen LogP contribution in [0.1, 0.15) is 27.1 Å². The normalized spacial score (nSPS) is 16.1. The molecule has 0 fully saturated rings. The van der Waals surface area contributed by atoms with Crippen LogP contribution in [0.5, 0.6) is 0 Å². The Kier molecular flexibility index (Phi) is 9.42. The average molecular weight is 839 g/mol. The third kappa shape index (κ3) is 5.87. The minimum Gasteiger partial charge on any atom is -0.194 e. The van der Waals surface area contributed by atoms with Gasteiger partial charge in [-0.25, -0.2) is 0 Å². The van der Waals surface area contributed by atoms with Crippen molar-refractivity contribution in [2.45, 2.75) is 48.3 Å². The average Bonchev–Trinajstić information content (AvgIpc) is 3.95. The van der Waals surface area contributed by atoms with Gasteiger partial charge < -0.3 is 0 Å². The Balaban J connectivity index is 1.42. The molecule has 4 aromatic heterocycles. The summed E-state index contributed by atoms with van der Waals surface area (Å²) in [6, 6.07) is 31.3. The highest BCUT2D eigenvalue weighted by Crippen LogP contribution is 2.68. The zero-order valence-corrected chi connectivity index (χ0v) is 33.7. The summed E-state index contributed by atoms with van der Waals surface area (Å²) in [7, 11) is 0. The number of thiol groups is 2. The largest absolute Gasteiger partial charge is 0.380 e. The van der Waals surface area contributed by atoms with Gasteiger partial charge in [-0.05, 0) is 97.1 Å². The van der Waals surface area contributed by atoms with Crippen LogP contribution >= 0.6 is 70.6 Å². The molecule has 0 atom stereocenters. The highest BCUT2D eigenvalue weighted by Gasteiger charge is 2.80. The quantitative estimate of drug-likeness (QED) is 0.116. The number of allylic oxidation sites excluding steroid dienone is 2. The second-order valence-corrected chi connectivity index (χ2v) is 18.5. The molecule has 274 valence electrons. The summed E-state index contributed by atoms with van der Waals surface area (Å²) in [5.41, 5.74) is -0.375. The van der Waals surface area contributed by atoms with E-state index in [1.807, 2.05) is 72.8 Å². The standard InChI is InChI=1S/C42H28F6S6/c1-21-33(23(3)51-37(21)26-12-8-14-28(50)20-26)35-36(41(45,46)42(47,48)40(35,43)44)34-22(2)38(31-17-16-30(53-31)25-11-7-13-27(49)19-25)54-39(34)32-18-15-29(52-32)24-9-5-4-6-10-24/h4-20,49-50H,1-3H3. The van der Waals surface area contributed by atoms with E-state index in [1.165, 1.54) is 36.5 Å². The summed E-state index contributed by atoms with van der Waals surface area (Å²) in [6.07, 6.45) is 0. The molecule has 1 aliphatic carbocycles. The Bertz CT molecular complexity index is 2600. The monoisotopic (exact) mass is 838 g/mol. The fraction of sp³-hybridized carbons (Fsp3) is 0.143. The van der Waals surface area contributed by atoms with Crippen LogP contribution in [0.3, 0.4) is 0 Å². The summed E-state index contributed by atoms with van der Waals surface area (Å²) in [5.74, 6) is -16.1. The molecule has 0 aliphatic heterocycles. The molecule has 8 rings (SSSR count). The molecule has 0 unspecified atom stereocenters. The molecule has 12 heteroatoms. The Hall–Kier alpha value is -3.52. The lowest BCUT2D eigenvalue weighted by molar-refractivity contribution is -0.254. The van der Waals surface area contributed by atoms with Gasteiger partial charge in [0, 0.05) is 66.2 Å². The van der Waals surface area contributed by atoms with E-state index in [9.17, 15) is 0 Å². The molecule has 0 saturated carbocycles. The number of rotatable bonds is 7. The molecular formula is C42H28F6S6. The topological polar surface area (TPSA) is 0 Å². The molecule has 0 saturated heterocycles. The van der Waals surface area contributed by atoms with Crippen molar-refractivity contribution >= 4 is 81.8 Å². The molecule has 0 amide bonds. The lowest BCUT2D eigenvalue weighted by Gasteiger charge is -2.26. The minimum atomic E-state index is -5.71. The van der Waals surface area contributed by atoms with E-state index in [4.69, 9.17) is 0 Å². The number of aryl methyl sites for hydroxylation is 1. The van der Waals surface area contributed by atoms with Crippen LogP contribution < -0.4 is 0 Å². The summed E-state index contributed by atoms with van der Waals surface area (Å²) in [5, 5.41) is 0. The van der Waals surface area contributed by atoms with Crippen molar-refractivity contribution in [3.05, 3.63) is 130 Å². The summed E-state index contributed by atoms with van der Waals surface area (Å²) in [4.78, 5) is 5.80. The van der Waals surface area contributed by atoms with E-state index in [0.717, 1.165) is 48.5 Å². The van der Waals surface area contributed by atoms with Crippen molar-refractivity contribution in [1.82, 2.24) is 0 Å². The SMILES string of the molecule is Cc1sc(-c2cccc(S)c2)c(C)c1C1=C(c2c(-c3ccc(-c4ccccc4)s3)sc(-c3ccc(-c4cccc(S)c4)s3)c2C)C(F)(F)C(F)(F)C1(F)F. The number of hydrogen-bond donors (Lipinski definition) is 2. The fourth-order valence-corrected chi connectivity index (χ4v) is 12.3. The zero-order valence-electron chi connectivity index (χ0n) is 28.6. The van der Waals surface area contributed by atoms with E-state index in [1.54, 1.807) is 37.3 Å². The highest BCUT2D eigenvalue weighted by molar-refractivity contribution is 7.80. The van der Waals surface area contributed by atoms with Crippen LogP contribution in [0.25, 0.3) is 62.0 Å². The number of halogens is 6. The number of alkyl halides is 6. The van der Waals surface area contributed by atoms with Crippen molar-refractivity contribution < 1.29 is 26.3 Å². The molecule has 0 N–H and O–H groups in total. The van der Waals surface area contributed by atoms with Gasteiger partial charge >= 0.3 is 17.8 Å². The highest BCUT2D eigenvalue weighted by atomic mass is 32.1. The molecule has 0 bridgehead atoms. The van der Waals surface area contributed by atoms with Gasteiger partial charge in [0.15, 0.2) is 0 Å². The molecule has 7 aromatic rings. The van der Waals surface area contributed by atoms with Gasteiger partial charge in [0.25, 0.3) is 0 Å². The van der Waals surface area contributed by atoms with Gasteiger partial charge in [-0.1, -0.05) is 54.6 Å². The lowest BCUT2D eigenvalue weighted by Crippen LogP contribution is -2.49. The zero-order chi connectivity index (χ0) is 38.3. The number of benzene rings is 3. The first-order chi connectivity index (χ1) is 25.6. The third-order valence-electron chi connectivity index (χ3n) is 9.59. The Morgan fingerprint density at radius 3 is 1.54 bits per heavy atom. The Morgan fingerprint density at radius 2 is 0.926 bits per heavy atom. The van der Waals surface area contributed by atoms with Crippen LogP contribution in [-0.4, -0.2) is 17.8 Å². The van der Waals surface area contributed by atoms with Crippen LogP contribution in [-0.2, 0) is 0 Å². The van der Waals surface area contributed by atoms with Gasteiger partial charge in [-0.3, -0.25) is 0 Å². The maximum Gasteiger partial charge on any atom is 0.380 e. The molecule has 3 aromatic carbocycles. The summed E-state index contributed by atoms with van der Waals surface area (Å²) < 4.78 is 98.2. The molecule has 1 aliphatic rings. The van der Waals surface area contributed by atoms with Crippen LogP contribution in [0.4, 0.5) is 26.3 Å². The van der Waals surface area contributed by atoms with E-state index >= 15 is 26.3 Å². The second-order valence-electron chi connectivity index (χ2n) is 13.0. The van der Waals surface area contributed by atoms with E-state index in [-0.39, 0.29) is 32.0 Å². The molecule has 54 heavy (non-hydrogen) atoms. The molecular weight excluding hydrogens is 811 g/mol. The molecule has 0 spiro atoms. The van der Waals surface area contributed by atoms with Gasteiger partial charge in [0.1, 0.15) is 0 Å². The van der Waals surface area contributed by atoms with Crippen molar-refractivity contribution in [2.75, 3.05) is 0 Å². The van der Waals surface area contributed by atoms with Gasteiger partial charge in [-0.2, -0.15) is 26.3 Å². The summed E-state index contributed by atoms with van der Waals surface area (Å²) >= 11 is 13.8. The van der Waals surface area contributed by atoms with Gasteiger partial charge in [0.2, 0.25) is 0 Å². The van der Waals surface area contributed by atoms with Crippen LogP contribution in [0.2, 0.25) is 0 Å². The fourth-order valence-electron chi connectivity index (χ4n) is 7.05. The van der Waals surface area contributed by atoms with Crippen molar-refractivity contribution in [3.63, 3.8) is 0 Å². The first kappa shape index (κ1) is 37.4. The molecule has 4 heterocycles. The molecule has 0 nitrogen and oxygen atoms in total. The van der Waals surface area contributed by atoms with E-state index < -0.39 is 28.9 Å². The summed E-state index contributed by atoms with van der Waals surface area (Å²) in [6.45, 7) is 4.61. The van der Waals surface area contributed by atoms with Crippen LogP contribution in [0.15, 0.2) is 113 Å². The minimum absolute atomic E-state index is 0.226. The van der Waals surface area contributed by atoms with Crippen molar-refractivity contribution in [1.29, 1.82) is 0 Å². The van der Waals surface area contributed by atoms with Crippen molar-refractivity contribution in [3.8, 4) is 50.8 Å². The first-order valence-corrected chi connectivity index (χ1v) is 20.7. The van der Waals surface area contributed by atoms with Gasteiger partial charge in [-0.15, -0.1) is 70.6 Å². The van der Waals surface area contributed by atoms with E-state index in [2.05, 4.69) is 25.3 Å². The smallest absolute Gasteiger partial charge is 0.194 e. The van der Waals surface area contributed by atoms with E-state index in [0.29, 0.717) is 30.0 Å². The first-order valence-electron chi connectivity index (χ1n) is 16.6. The maximum atomic E-state index is 16.7. The third-order valence-corrected chi connectivity index (χ3v) is 15.3. The van der Waals surface area contributed by atoms with Gasteiger partial charge in [0.05, 0.1) is 4.88 Å². The predicted octanol–water partition coefficient (Wildman–Crippen LogP) is 15.6. The molecule has 0 radical (unpaired) electrons. The van der Waals surface area contributed by atoms with Crippen molar-refractivity contribution in [2.24, 2.45) is 0 Å². The second kappa shape index (κ2) is 13.6. The van der Waals surface area contributed by atoms with Crippen LogP contribution in [0, 0.1) is 20.8 Å². The number of thiophene rings is 4. The predicted molar refractivity (Wildman–Crippen MR) is 222 cm³/mol. The maximum absolute atomic E-state index is 16.7. The lowest BCUT2D eigenvalue weighted by atomic mass is 9.89.